The lowest BCUT2D eigenvalue weighted by Crippen LogP contribution is -2.38. The first-order chi connectivity index (χ1) is 13.1. The monoisotopic (exact) mass is 390 g/mol. The highest BCUT2D eigenvalue weighted by molar-refractivity contribution is 6.32. The molecule has 0 saturated carbocycles. The summed E-state index contributed by atoms with van der Waals surface area (Å²) in [4.78, 5) is 11.8. The van der Waals surface area contributed by atoms with Crippen LogP contribution in [0.3, 0.4) is 0 Å². The Morgan fingerprint density at radius 1 is 1.15 bits per heavy atom. The highest BCUT2D eigenvalue weighted by Crippen LogP contribution is 2.38. The van der Waals surface area contributed by atoms with E-state index in [9.17, 15) is 4.79 Å². The van der Waals surface area contributed by atoms with Crippen molar-refractivity contribution in [3.63, 3.8) is 0 Å². The Hall–Kier alpha value is -2.60. The van der Waals surface area contributed by atoms with Gasteiger partial charge in [0.15, 0.2) is 11.5 Å². The zero-order chi connectivity index (χ0) is 19.1. The molecule has 0 aromatic heterocycles. The molecule has 2 aromatic rings. The van der Waals surface area contributed by atoms with Gasteiger partial charge in [0.25, 0.3) is 0 Å². The number of urea groups is 1. The highest BCUT2D eigenvalue weighted by Gasteiger charge is 2.16. The van der Waals surface area contributed by atoms with Crippen LogP contribution in [-0.2, 0) is 6.42 Å². The lowest BCUT2D eigenvalue weighted by atomic mass is 10.1. The van der Waals surface area contributed by atoms with Gasteiger partial charge >= 0.3 is 6.03 Å². The molecule has 1 aliphatic rings. The van der Waals surface area contributed by atoms with Gasteiger partial charge < -0.3 is 24.8 Å². The van der Waals surface area contributed by atoms with Crippen LogP contribution in [0.4, 0.5) is 4.79 Å². The molecule has 3 rings (SSSR count). The molecule has 0 radical (unpaired) electrons. The van der Waals surface area contributed by atoms with E-state index in [2.05, 4.69) is 10.6 Å². The Bertz CT molecular complexity index is 798. The molecule has 0 spiro atoms. The molecule has 0 aliphatic carbocycles. The summed E-state index contributed by atoms with van der Waals surface area (Å²) in [7, 11) is 0. The number of amides is 2. The molecular weight excluding hydrogens is 368 g/mol. The molecule has 0 fully saturated rings. The molecule has 27 heavy (non-hydrogen) atoms. The number of fused-ring (bicyclic) bond motifs is 1. The van der Waals surface area contributed by atoms with Crippen molar-refractivity contribution in [1.29, 1.82) is 0 Å². The molecule has 0 bridgehead atoms. The van der Waals surface area contributed by atoms with Gasteiger partial charge in [-0.1, -0.05) is 23.7 Å². The van der Waals surface area contributed by atoms with E-state index in [-0.39, 0.29) is 6.03 Å². The molecule has 1 aliphatic heterocycles. The maximum Gasteiger partial charge on any atom is 0.314 e. The SMILES string of the molecule is Cc1cccc(OCCNC(=O)NCCc2cc(Cl)c3c(c2)OCCO3)c1. The maximum atomic E-state index is 11.8. The lowest BCUT2D eigenvalue weighted by Gasteiger charge is -2.20. The lowest BCUT2D eigenvalue weighted by molar-refractivity contribution is 0.171. The number of halogens is 1. The van der Waals surface area contributed by atoms with Gasteiger partial charge in [-0.25, -0.2) is 4.79 Å². The second-order valence-corrected chi connectivity index (χ2v) is 6.61. The third-order valence-corrected chi connectivity index (χ3v) is 4.28. The largest absolute Gasteiger partial charge is 0.492 e. The molecule has 0 atom stereocenters. The number of carbonyl (C=O) groups is 1. The summed E-state index contributed by atoms with van der Waals surface area (Å²) in [6, 6.07) is 11.3. The van der Waals surface area contributed by atoms with Gasteiger partial charge in [-0.15, -0.1) is 0 Å². The van der Waals surface area contributed by atoms with Crippen LogP contribution in [0.2, 0.25) is 5.02 Å². The molecule has 0 saturated heterocycles. The minimum atomic E-state index is -0.230. The van der Waals surface area contributed by atoms with Crippen LogP contribution in [0.15, 0.2) is 36.4 Å². The van der Waals surface area contributed by atoms with E-state index in [0.29, 0.717) is 55.9 Å². The van der Waals surface area contributed by atoms with Crippen molar-refractivity contribution in [3.05, 3.63) is 52.5 Å². The molecule has 7 heteroatoms. The molecule has 2 N–H and O–H groups in total. The number of hydrogen-bond acceptors (Lipinski definition) is 4. The smallest absolute Gasteiger partial charge is 0.314 e. The van der Waals surface area contributed by atoms with E-state index in [1.54, 1.807) is 0 Å². The second kappa shape index (κ2) is 9.37. The first-order valence-corrected chi connectivity index (χ1v) is 9.29. The van der Waals surface area contributed by atoms with Crippen molar-refractivity contribution < 1.29 is 19.0 Å². The van der Waals surface area contributed by atoms with E-state index in [1.807, 2.05) is 43.3 Å². The standard InChI is InChI=1S/C20H23ClN2O4/c1-14-3-2-4-16(11-14)25-8-7-23-20(24)22-6-5-15-12-17(21)19-18(13-15)26-9-10-27-19/h2-4,11-13H,5-10H2,1H3,(H2,22,23,24). The number of hydrogen-bond donors (Lipinski definition) is 2. The van der Waals surface area contributed by atoms with Crippen molar-refractivity contribution in [2.75, 3.05) is 32.9 Å². The second-order valence-electron chi connectivity index (χ2n) is 6.20. The first kappa shape index (κ1) is 19.2. The molecule has 2 amide bonds. The van der Waals surface area contributed by atoms with Gasteiger partial charge in [-0.3, -0.25) is 0 Å². The van der Waals surface area contributed by atoms with Crippen molar-refractivity contribution in [2.45, 2.75) is 13.3 Å². The fourth-order valence-corrected chi connectivity index (χ4v) is 3.02. The molecular formula is C20H23ClN2O4. The van der Waals surface area contributed by atoms with Crippen molar-refractivity contribution in [2.24, 2.45) is 0 Å². The quantitative estimate of drug-likeness (QED) is 0.711. The zero-order valence-electron chi connectivity index (χ0n) is 15.2. The Kier molecular flexibility index (Phi) is 6.65. The number of rotatable bonds is 7. The van der Waals surface area contributed by atoms with Crippen molar-refractivity contribution >= 4 is 17.6 Å². The average Bonchev–Trinajstić information content (AvgIpc) is 2.65. The van der Waals surface area contributed by atoms with E-state index in [4.69, 9.17) is 25.8 Å². The number of benzene rings is 2. The van der Waals surface area contributed by atoms with Crippen molar-refractivity contribution in [1.82, 2.24) is 10.6 Å². The summed E-state index contributed by atoms with van der Waals surface area (Å²) in [5.74, 6) is 2.04. The Labute approximate surface area is 163 Å². The summed E-state index contributed by atoms with van der Waals surface area (Å²) in [6.45, 7) is 4.34. The normalized spacial score (nSPS) is 12.4. The van der Waals surface area contributed by atoms with E-state index in [0.717, 1.165) is 16.9 Å². The van der Waals surface area contributed by atoms with Crippen LogP contribution in [0, 0.1) is 6.92 Å². The van der Waals surface area contributed by atoms with Crippen LogP contribution in [0.1, 0.15) is 11.1 Å². The molecule has 6 nitrogen and oxygen atoms in total. The van der Waals surface area contributed by atoms with E-state index < -0.39 is 0 Å². The fourth-order valence-electron chi connectivity index (χ4n) is 2.73. The highest BCUT2D eigenvalue weighted by atomic mass is 35.5. The topological polar surface area (TPSA) is 68.8 Å². The molecule has 1 heterocycles. The van der Waals surface area contributed by atoms with Gasteiger partial charge in [0.1, 0.15) is 25.6 Å². The molecule has 0 unspecified atom stereocenters. The average molecular weight is 391 g/mol. The van der Waals surface area contributed by atoms with E-state index >= 15 is 0 Å². The van der Waals surface area contributed by atoms with Crippen LogP contribution >= 0.6 is 11.6 Å². The minimum absolute atomic E-state index is 0.230. The Morgan fingerprint density at radius 2 is 1.96 bits per heavy atom. The van der Waals surface area contributed by atoms with Crippen LogP contribution in [-0.4, -0.2) is 38.9 Å². The Morgan fingerprint density at radius 3 is 2.81 bits per heavy atom. The fraction of sp³-hybridized carbons (Fsp3) is 0.350. The summed E-state index contributed by atoms with van der Waals surface area (Å²) < 4.78 is 16.6. The number of nitrogens with one attached hydrogen (secondary N) is 2. The first-order valence-electron chi connectivity index (χ1n) is 8.91. The third-order valence-electron chi connectivity index (χ3n) is 4.00. The summed E-state index contributed by atoms with van der Waals surface area (Å²) >= 11 is 6.21. The molecule has 2 aromatic carbocycles. The maximum absolute atomic E-state index is 11.8. The van der Waals surface area contributed by atoms with E-state index in [1.165, 1.54) is 0 Å². The third kappa shape index (κ3) is 5.69. The summed E-state index contributed by atoms with van der Waals surface area (Å²) in [5.41, 5.74) is 2.12. The summed E-state index contributed by atoms with van der Waals surface area (Å²) in [5, 5.41) is 6.11. The predicted octanol–water partition coefficient (Wildman–Crippen LogP) is 3.34. The molecule has 144 valence electrons. The minimum Gasteiger partial charge on any atom is -0.492 e. The van der Waals surface area contributed by atoms with Gasteiger partial charge in [0.2, 0.25) is 0 Å². The summed E-state index contributed by atoms with van der Waals surface area (Å²) in [6.07, 6.45) is 0.642. The van der Waals surface area contributed by atoms with Crippen molar-refractivity contribution in [3.8, 4) is 17.2 Å². The van der Waals surface area contributed by atoms with Gasteiger partial charge in [0, 0.05) is 6.54 Å². The number of carbonyl (C=O) groups excluding carboxylic acids is 1. The predicted molar refractivity (Wildman–Crippen MR) is 104 cm³/mol. The van der Waals surface area contributed by atoms with Gasteiger partial charge in [-0.05, 0) is 48.7 Å². The Balaban J connectivity index is 1.35. The van der Waals surface area contributed by atoms with Gasteiger partial charge in [-0.2, -0.15) is 0 Å². The zero-order valence-corrected chi connectivity index (χ0v) is 16.0. The number of ether oxygens (including phenoxy) is 3. The van der Waals surface area contributed by atoms with Crippen LogP contribution in [0.25, 0.3) is 0 Å². The van der Waals surface area contributed by atoms with Crippen LogP contribution < -0.4 is 24.8 Å². The number of aryl methyl sites for hydroxylation is 1. The van der Waals surface area contributed by atoms with Gasteiger partial charge in [0.05, 0.1) is 11.6 Å². The van der Waals surface area contributed by atoms with Crippen LogP contribution in [0.5, 0.6) is 17.2 Å².